The van der Waals surface area contributed by atoms with E-state index in [0.29, 0.717) is 0 Å². The molecule has 1 fully saturated rings. The topological polar surface area (TPSA) is 23.4 Å². The minimum atomic E-state index is -0.358. The number of aromatic nitrogens is 1. The Morgan fingerprint density at radius 1 is 0.750 bits per heavy atom. The molecule has 3 aromatic carbocycles. The van der Waals surface area contributed by atoms with Crippen LogP contribution in [0.5, 0.6) is 0 Å². The number of hydrogen-bond donors (Lipinski definition) is 0. The molecule has 1 aliphatic rings. The van der Waals surface area contributed by atoms with Gasteiger partial charge in [-0.15, -0.1) is 0 Å². The Morgan fingerprint density at radius 2 is 1.46 bits per heavy atom. The summed E-state index contributed by atoms with van der Waals surface area (Å²) in [6, 6.07) is 23.5. The van der Waals surface area contributed by atoms with Crippen LogP contribution in [0.3, 0.4) is 0 Å². The monoisotopic (exact) mass is 369 g/mol. The number of benzene rings is 3. The summed E-state index contributed by atoms with van der Waals surface area (Å²) in [5.74, 6) is 0. The van der Waals surface area contributed by atoms with Crippen molar-refractivity contribution < 1.29 is 9.31 Å². The summed E-state index contributed by atoms with van der Waals surface area (Å²) in [5.41, 5.74) is 2.69. The summed E-state index contributed by atoms with van der Waals surface area (Å²) in [6.07, 6.45) is 2.14. The van der Waals surface area contributed by atoms with Gasteiger partial charge in [0.1, 0.15) is 0 Å². The minimum Gasteiger partial charge on any atom is -0.399 e. The second kappa shape index (κ2) is 5.97. The normalized spacial score (nSPS) is 18.2. The Balaban J connectivity index is 1.62. The number of rotatable bonds is 2. The Bertz CT molecular complexity index is 1180. The van der Waals surface area contributed by atoms with Crippen molar-refractivity contribution in [2.24, 2.45) is 0 Å². The maximum atomic E-state index is 6.25. The van der Waals surface area contributed by atoms with Crippen LogP contribution in [0, 0.1) is 0 Å². The second-order valence-electron chi connectivity index (χ2n) is 8.59. The second-order valence-corrected chi connectivity index (χ2v) is 8.59. The molecule has 1 aromatic heterocycles. The molecule has 0 N–H and O–H groups in total. The molecule has 1 saturated heterocycles. The first kappa shape index (κ1) is 17.5. The van der Waals surface area contributed by atoms with E-state index in [1.54, 1.807) is 0 Å². The summed E-state index contributed by atoms with van der Waals surface area (Å²) >= 11 is 0. The molecule has 4 heteroatoms. The van der Waals surface area contributed by atoms with Gasteiger partial charge in [-0.2, -0.15) is 0 Å². The van der Waals surface area contributed by atoms with E-state index in [-0.39, 0.29) is 18.3 Å². The molecule has 4 aromatic rings. The minimum absolute atomic E-state index is 0.343. The molecule has 3 nitrogen and oxygen atoms in total. The highest BCUT2D eigenvalue weighted by molar-refractivity contribution is 6.62. The smallest absolute Gasteiger partial charge is 0.399 e. The van der Waals surface area contributed by atoms with Crippen molar-refractivity contribution in [2.45, 2.75) is 38.9 Å². The molecule has 0 atom stereocenters. The van der Waals surface area contributed by atoms with Crippen LogP contribution in [0.15, 0.2) is 72.9 Å². The lowest BCUT2D eigenvalue weighted by molar-refractivity contribution is 0.00578. The van der Waals surface area contributed by atoms with Gasteiger partial charge in [0, 0.05) is 22.7 Å². The molecular weight excluding hydrogens is 345 g/mol. The number of nitrogens with zero attached hydrogens (tertiary/aromatic N) is 1. The molecule has 0 amide bonds. The largest absolute Gasteiger partial charge is 0.494 e. The Labute approximate surface area is 166 Å². The highest BCUT2D eigenvalue weighted by atomic mass is 16.7. The molecule has 0 aliphatic carbocycles. The SMILES string of the molecule is CC1(C)OB(c2cccc(-n3ccc4ccc5ccccc5c43)c2)OC1(C)C. The van der Waals surface area contributed by atoms with E-state index >= 15 is 0 Å². The van der Waals surface area contributed by atoms with Crippen molar-refractivity contribution in [2.75, 3.05) is 0 Å². The van der Waals surface area contributed by atoms with Crippen molar-refractivity contribution in [3.63, 3.8) is 0 Å². The lowest BCUT2D eigenvalue weighted by Crippen LogP contribution is -2.41. The molecule has 2 heterocycles. The predicted octanol–water partition coefficient (Wildman–Crippen LogP) is 5.08. The average molecular weight is 369 g/mol. The third kappa shape index (κ3) is 2.60. The van der Waals surface area contributed by atoms with Crippen LogP contribution in [0.4, 0.5) is 0 Å². The van der Waals surface area contributed by atoms with Crippen molar-refractivity contribution in [1.82, 2.24) is 4.57 Å². The van der Waals surface area contributed by atoms with Crippen LogP contribution < -0.4 is 5.46 Å². The zero-order valence-electron chi connectivity index (χ0n) is 16.8. The standard InChI is InChI=1S/C24H24BNO2/c1-23(2)24(3,4)28-25(27-23)19-9-7-10-20(16-19)26-15-14-18-13-12-17-8-5-6-11-21(17)22(18)26/h5-16H,1-4H3. The molecular formula is C24H24BNO2. The average Bonchev–Trinajstić information content (AvgIpc) is 3.20. The van der Waals surface area contributed by atoms with Gasteiger partial charge in [-0.3, -0.25) is 0 Å². The van der Waals surface area contributed by atoms with Crippen LogP contribution in [-0.2, 0) is 9.31 Å². The van der Waals surface area contributed by atoms with Crippen molar-refractivity contribution in [3.05, 3.63) is 72.9 Å². The highest BCUT2D eigenvalue weighted by Gasteiger charge is 2.51. The summed E-state index contributed by atoms with van der Waals surface area (Å²) in [7, 11) is -0.358. The first-order chi connectivity index (χ1) is 13.4. The number of hydrogen-bond acceptors (Lipinski definition) is 2. The molecule has 5 rings (SSSR count). The Kier molecular flexibility index (Phi) is 3.74. The predicted molar refractivity (Wildman–Crippen MR) is 116 cm³/mol. The van der Waals surface area contributed by atoms with Gasteiger partial charge < -0.3 is 13.9 Å². The zero-order valence-corrected chi connectivity index (χ0v) is 16.8. The van der Waals surface area contributed by atoms with Gasteiger partial charge in [0.2, 0.25) is 0 Å². The van der Waals surface area contributed by atoms with E-state index in [9.17, 15) is 0 Å². The van der Waals surface area contributed by atoms with Crippen LogP contribution in [0.1, 0.15) is 27.7 Å². The summed E-state index contributed by atoms with van der Waals surface area (Å²) in [4.78, 5) is 0. The Morgan fingerprint density at radius 3 is 2.25 bits per heavy atom. The molecule has 0 radical (unpaired) electrons. The third-order valence-corrected chi connectivity index (χ3v) is 6.25. The fraction of sp³-hybridized carbons (Fsp3) is 0.250. The van der Waals surface area contributed by atoms with Gasteiger partial charge in [-0.05, 0) is 56.7 Å². The van der Waals surface area contributed by atoms with Gasteiger partial charge in [0.05, 0.1) is 16.7 Å². The van der Waals surface area contributed by atoms with Gasteiger partial charge in [-0.25, -0.2) is 0 Å². The van der Waals surface area contributed by atoms with Crippen molar-refractivity contribution in [1.29, 1.82) is 0 Å². The molecule has 0 saturated carbocycles. The summed E-state index contributed by atoms with van der Waals surface area (Å²) in [6.45, 7) is 8.34. The zero-order chi connectivity index (χ0) is 19.5. The van der Waals surface area contributed by atoms with Gasteiger partial charge >= 0.3 is 7.12 Å². The molecule has 140 valence electrons. The lowest BCUT2D eigenvalue weighted by Gasteiger charge is -2.32. The number of fused-ring (bicyclic) bond motifs is 3. The van der Waals surface area contributed by atoms with Crippen molar-refractivity contribution >= 4 is 34.3 Å². The van der Waals surface area contributed by atoms with Gasteiger partial charge in [0.15, 0.2) is 0 Å². The maximum Gasteiger partial charge on any atom is 0.494 e. The summed E-state index contributed by atoms with van der Waals surface area (Å²) < 4.78 is 14.8. The van der Waals surface area contributed by atoms with Crippen LogP contribution in [0.25, 0.3) is 27.4 Å². The summed E-state index contributed by atoms with van der Waals surface area (Å²) in [5, 5.41) is 3.74. The van der Waals surface area contributed by atoms with E-state index in [1.165, 1.54) is 21.7 Å². The molecule has 0 unspecified atom stereocenters. The van der Waals surface area contributed by atoms with Gasteiger partial charge in [-0.1, -0.05) is 48.5 Å². The van der Waals surface area contributed by atoms with Gasteiger partial charge in [0.25, 0.3) is 0 Å². The molecule has 0 spiro atoms. The van der Waals surface area contributed by atoms with Crippen LogP contribution in [0.2, 0.25) is 0 Å². The third-order valence-electron chi connectivity index (χ3n) is 6.25. The molecule has 1 aliphatic heterocycles. The van der Waals surface area contributed by atoms with Crippen molar-refractivity contribution in [3.8, 4) is 5.69 Å². The van der Waals surface area contributed by atoms with E-state index in [2.05, 4.69) is 105 Å². The molecule has 28 heavy (non-hydrogen) atoms. The first-order valence-corrected chi connectivity index (χ1v) is 9.81. The highest BCUT2D eigenvalue weighted by Crippen LogP contribution is 2.36. The van der Waals surface area contributed by atoms with Crippen LogP contribution in [-0.4, -0.2) is 22.9 Å². The van der Waals surface area contributed by atoms with Crippen LogP contribution >= 0.6 is 0 Å². The maximum absolute atomic E-state index is 6.25. The fourth-order valence-electron chi connectivity index (χ4n) is 3.92. The fourth-order valence-corrected chi connectivity index (χ4v) is 3.92. The van der Waals surface area contributed by atoms with E-state index in [1.807, 2.05) is 0 Å². The first-order valence-electron chi connectivity index (χ1n) is 9.81. The quantitative estimate of drug-likeness (QED) is 0.460. The Hall–Kier alpha value is -2.56. The van der Waals surface area contributed by atoms with E-state index in [4.69, 9.17) is 9.31 Å². The molecule has 0 bridgehead atoms. The van der Waals surface area contributed by atoms with E-state index in [0.717, 1.165) is 11.2 Å². The van der Waals surface area contributed by atoms with E-state index < -0.39 is 0 Å². The lowest BCUT2D eigenvalue weighted by atomic mass is 9.79.